The Labute approximate surface area is 166 Å². The number of nitrogens with one attached hydrogen (secondary N) is 2. The van der Waals surface area contributed by atoms with Crippen molar-refractivity contribution in [3.8, 4) is 6.07 Å². The first kappa shape index (κ1) is 20.0. The monoisotopic (exact) mass is 400 g/mol. The molecule has 0 atom stereocenters. The fourth-order valence-corrected chi connectivity index (χ4v) is 2.35. The lowest BCUT2D eigenvalue weighted by Crippen LogP contribution is -2.13. The lowest BCUT2D eigenvalue weighted by molar-refractivity contribution is 0.100. The van der Waals surface area contributed by atoms with Crippen LogP contribution >= 0.6 is 24.0 Å². The molecule has 27 heavy (non-hydrogen) atoms. The summed E-state index contributed by atoms with van der Waals surface area (Å²) in [5, 5.41) is 15.1. The van der Waals surface area contributed by atoms with Crippen LogP contribution in [0.3, 0.4) is 0 Å². The molecule has 1 heterocycles. The second kappa shape index (κ2) is 8.85. The van der Waals surface area contributed by atoms with Crippen molar-refractivity contribution in [2.45, 2.75) is 0 Å². The molecule has 0 saturated heterocycles. The maximum atomic E-state index is 11.5. The molecule has 3 aromatic rings. The number of nitrogens with two attached hydrogens (primary N) is 1. The van der Waals surface area contributed by atoms with E-state index in [1.165, 1.54) is 6.20 Å². The molecule has 0 spiro atoms. The Bertz CT molecular complexity index is 1000. The van der Waals surface area contributed by atoms with Gasteiger partial charge in [-0.15, -0.1) is 12.4 Å². The molecule has 7 nitrogen and oxygen atoms in total. The normalized spacial score (nSPS) is 9.63. The van der Waals surface area contributed by atoms with Crippen LogP contribution in [0.4, 0.5) is 23.1 Å². The van der Waals surface area contributed by atoms with Crippen molar-refractivity contribution in [1.29, 1.82) is 5.26 Å². The van der Waals surface area contributed by atoms with Gasteiger partial charge < -0.3 is 16.4 Å². The van der Waals surface area contributed by atoms with Gasteiger partial charge in [0.05, 0.1) is 29.1 Å². The van der Waals surface area contributed by atoms with Crippen LogP contribution in [0.5, 0.6) is 0 Å². The summed E-state index contributed by atoms with van der Waals surface area (Å²) in [7, 11) is 0. The molecular weight excluding hydrogens is 387 g/mol. The number of benzene rings is 2. The minimum Gasteiger partial charge on any atom is -0.366 e. The summed E-state index contributed by atoms with van der Waals surface area (Å²) in [6.45, 7) is 0. The molecule has 0 unspecified atom stereocenters. The van der Waals surface area contributed by atoms with E-state index >= 15 is 0 Å². The third kappa shape index (κ3) is 4.85. The molecule has 0 saturated carbocycles. The van der Waals surface area contributed by atoms with E-state index in [9.17, 15) is 4.79 Å². The van der Waals surface area contributed by atoms with Gasteiger partial charge in [-0.25, -0.2) is 4.98 Å². The van der Waals surface area contributed by atoms with Crippen LogP contribution in [-0.4, -0.2) is 15.9 Å². The molecule has 3 rings (SSSR count). The number of hydrogen-bond acceptors (Lipinski definition) is 6. The Morgan fingerprint density at radius 3 is 2.48 bits per heavy atom. The topological polar surface area (TPSA) is 117 Å². The number of nitrogens with zero attached hydrogens (tertiary/aromatic N) is 3. The van der Waals surface area contributed by atoms with E-state index in [0.29, 0.717) is 28.6 Å². The van der Waals surface area contributed by atoms with Crippen LogP contribution in [0.15, 0.2) is 54.7 Å². The molecule has 0 aliphatic rings. The molecular formula is C18H14Cl2N6O. The van der Waals surface area contributed by atoms with Crippen molar-refractivity contribution in [2.24, 2.45) is 5.73 Å². The summed E-state index contributed by atoms with van der Waals surface area (Å²) in [6, 6.07) is 15.7. The van der Waals surface area contributed by atoms with Gasteiger partial charge in [0.1, 0.15) is 5.02 Å². The molecule has 0 bridgehead atoms. The number of halogens is 2. The first-order valence-corrected chi connectivity index (χ1v) is 7.90. The van der Waals surface area contributed by atoms with Crippen molar-refractivity contribution >= 4 is 53.1 Å². The largest absolute Gasteiger partial charge is 0.366 e. The number of carbonyl (C=O) groups is 1. The third-order valence-corrected chi connectivity index (χ3v) is 3.74. The average molecular weight is 401 g/mol. The highest BCUT2D eigenvalue weighted by atomic mass is 35.5. The SMILES string of the molecule is Cl.N#Cc1ccc(Nc2ncc(Cl)c(Nc3ccccc3C(N)=O)n2)cc1. The maximum absolute atomic E-state index is 11.5. The van der Waals surface area contributed by atoms with Crippen molar-refractivity contribution < 1.29 is 4.79 Å². The molecule has 136 valence electrons. The zero-order chi connectivity index (χ0) is 18.5. The van der Waals surface area contributed by atoms with Crippen LogP contribution in [0.25, 0.3) is 0 Å². The maximum Gasteiger partial charge on any atom is 0.250 e. The van der Waals surface area contributed by atoms with E-state index in [1.807, 2.05) is 0 Å². The number of nitriles is 1. The van der Waals surface area contributed by atoms with E-state index in [4.69, 9.17) is 22.6 Å². The molecule has 0 radical (unpaired) electrons. The van der Waals surface area contributed by atoms with Gasteiger partial charge in [0.2, 0.25) is 5.95 Å². The van der Waals surface area contributed by atoms with E-state index in [-0.39, 0.29) is 17.4 Å². The van der Waals surface area contributed by atoms with Gasteiger partial charge in [0.25, 0.3) is 5.91 Å². The van der Waals surface area contributed by atoms with Gasteiger partial charge in [0, 0.05) is 5.69 Å². The fraction of sp³-hybridized carbons (Fsp3) is 0. The minimum absolute atomic E-state index is 0. The molecule has 4 N–H and O–H groups in total. The quantitative estimate of drug-likeness (QED) is 0.595. The van der Waals surface area contributed by atoms with E-state index in [2.05, 4.69) is 26.7 Å². The van der Waals surface area contributed by atoms with Crippen molar-refractivity contribution in [1.82, 2.24) is 9.97 Å². The van der Waals surface area contributed by atoms with Crippen LogP contribution in [0.1, 0.15) is 15.9 Å². The lowest BCUT2D eigenvalue weighted by Gasteiger charge is -2.12. The number of para-hydroxylation sites is 1. The number of rotatable bonds is 5. The predicted molar refractivity (Wildman–Crippen MR) is 107 cm³/mol. The Morgan fingerprint density at radius 1 is 1.11 bits per heavy atom. The number of anilines is 4. The summed E-state index contributed by atoms with van der Waals surface area (Å²) >= 11 is 6.15. The van der Waals surface area contributed by atoms with Gasteiger partial charge in [-0.3, -0.25) is 4.79 Å². The summed E-state index contributed by atoms with van der Waals surface area (Å²) in [4.78, 5) is 20.0. The second-order valence-electron chi connectivity index (χ2n) is 5.24. The first-order chi connectivity index (χ1) is 12.6. The number of amides is 1. The molecule has 1 aromatic heterocycles. The lowest BCUT2D eigenvalue weighted by atomic mass is 10.1. The van der Waals surface area contributed by atoms with E-state index < -0.39 is 5.91 Å². The molecule has 9 heteroatoms. The Hall–Kier alpha value is -3.34. The fourth-order valence-electron chi connectivity index (χ4n) is 2.21. The Balaban J connectivity index is 0.00000261. The highest BCUT2D eigenvalue weighted by Crippen LogP contribution is 2.26. The Morgan fingerprint density at radius 2 is 1.81 bits per heavy atom. The van der Waals surface area contributed by atoms with Crippen molar-refractivity contribution in [3.05, 3.63) is 70.9 Å². The van der Waals surface area contributed by atoms with E-state index in [0.717, 1.165) is 5.69 Å². The predicted octanol–water partition coefficient (Wildman–Crippen LogP) is 4.01. The second-order valence-corrected chi connectivity index (χ2v) is 5.65. The van der Waals surface area contributed by atoms with Crippen molar-refractivity contribution in [2.75, 3.05) is 10.6 Å². The third-order valence-electron chi connectivity index (χ3n) is 3.46. The standard InChI is InChI=1S/C18H13ClN6O.ClH/c19-14-10-22-18(23-12-7-5-11(9-20)6-8-12)25-17(14)24-15-4-2-1-3-13(15)16(21)26;/h1-8,10H,(H2,21,26)(H2,22,23,24,25);1H. The van der Waals surface area contributed by atoms with Gasteiger partial charge in [0.15, 0.2) is 5.82 Å². The van der Waals surface area contributed by atoms with Gasteiger partial charge in [-0.05, 0) is 36.4 Å². The number of hydrogen-bond donors (Lipinski definition) is 3. The number of aromatic nitrogens is 2. The summed E-state index contributed by atoms with van der Waals surface area (Å²) in [6.07, 6.45) is 1.44. The smallest absolute Gasteiger partial charge is 0.250 e. The molecule has 2 aromatic carbocycles. The van der Waals surface area contributed by atoms with Crippen LogP contribution in [0.2, 0.25) is 5.02 Å². The average Bonchev–Trinajstić information content (AvgIpc) is 2.65. The van der Waals surface area contributed by atoms with Crippen LogP contribution in [-0.2, 0) is 0 Å². The van der Waals surface area contributed by atoms with Crippen LogP contribution in [0, 0.1) is 11.3 Å². The molecule has 0 aliphatic heterocycles. The Kier molecular flexibility index (Phi) is 6.55. The van der Waals surface area contributed by atoms with Crippen molar-refractivity contribution in [3.63, 3.8) is 0 Å². The zero-order valence-electron chi connectivity index (χ0n) is 13.8. The van der Waals surface area contributed by atoms with Gasteiger partial charge >= 0.3 is 0 Å². The first-order valence-electron chi connectivity index (χ1n) is 7.52. The molecule has 1 amide bonds. The van der Waals surface area contributed by atoms with Gasteiger partial charge in [-0.1, -0.05) is 23.7 Å². The van der Waals surface area contributed by atoms with Gasteiger partial charge in [-0.2, -0.15) is 10.2 Å². The zero-order valence-corrected chi connectivity index (χ0v) is 15.4. The number of primary amides is 1. The molecule has 0 aliphatic carbocycles. The number of carbonyl (C=O) groups excluding carboxylic acids is 1. The summed E-state index contributed by atoms with van der Waals surface area (Å²) < 4.78 is 0. The highest BCUT2D eigenvalue weighted by Gasteiger charge is 2.11. The molecule has 0 fully saturated rings. The summed E-state index contributed by atoms with van der Waals surface area (Å²) in [5.74, 6) is 0.0684. The minimum atomic E-state index is -0.561. The van der Waals surface area contributed by atoms with Crippen LogP contribution < -0.4 is 16.4 Å². The highest BCUT2D eigenvalue weighted by molar-refractivity contribution is 6.33. The van der Waals surface area contributed by atoms with E-state index in [1.54, 1.807) is 48.5 Å². The summed E-state index contributed by atoms with van der Waals surface area (Å²) in [5.41, 5.74) is 7.47.